The minimum Gasteiger partial charge on any atom is -0.337 e. The summed E-state index contributed by atoms with van der Waals surface area (Å²) in [4.78, 5) is 17.9. The van der Waals surface area contributed by atoms with Crippen molar-refractivity contribution in [2.75, 3.05) is 39.3 Å². The number of nitrogens with one attached hydrogen (secondary N) is 3. The predicted octanol–water partition coefficient (Wildman–Crippen LogP) is 0.128. The molecule has 1 aliphatic heterocycles. The van der Waals surface area contributed by atoms with Gasteiger partial charge >= 0.3 is 6.03 Å². The van der Waals surface area contributed by atoms with Gasteiger partial charge in [0.15, 0.2) is 0 Å². The number of amides is 2. The monoisotopic (exact) mass is 363 g/mol. The van der Waals surface area contributed by atoms with Crippen LogP contribution in [-0.4, -0.2) is 63.6 Å². The van der Waals surface area contributed by atoms with Gasteiger partial charge in [0, 0.05) is 62.4 Å². The molecule has 1 aromatic carbocycles. The van der Waals surface area contributed by atoms with E-state index >= 15 is 0 Å². The average Bonchev–Trinajstić information content (AvgIpc) is 2.65. The Balaban J connectivity index is 1.57. The molecule has 2 heterocycles. The van der Waals surface area contributed by atoms with E-state index < -0.39 is 10.0 Å². The molecular weight excluding hydrogens is 342 g/mol. The normalized spacial score (nSPS) is 15.3. The number of urea groups is 1. The molecule has 1 fully saturated rings. The third kappa shape index (κ3) is 4.25. The van der Waals surface area contributed by atoms with Gasteiger partial charge in [-0.15, -0.1) is 0 Å². The molecule has 2 aromatic rings. The summed E-state index contributed by atoms with van der Waals surface area (Å²) in [5.41, 5.74) is 0. The van der Waals surface area contributed by atoms with Crippen LogP contribution < -0.4 is 15.4 Å². The van der Waals surface area contributed by atoms with Crippen LogP contribution in [0.3, 0.4) is 0 Å². The van der Waals surface area contributed by atoms with Crippen molar-refractivity contribution >= 4 is 26.8 Å². The van der Waals surface area contributed by atoms with E-state index in [4.69, 9.17) is 0 Å². The number of rotatable bonds is 5. The summed E-state index contributed by atoms with van der Waals surface area (Å²) in [6.07, 6.45) is 3.19. The van der Waals surface area contributed by atoms with Crippen LogP contribution in [0.25, 0.3) is 10.8 Å². The van der Waals surface area contributed by atoms with Gasteiger partial charge in [-0.2, -0.15) is 0 Å². The molecular formula is C16H21N5O3S. The quantitative estimate of drug-likeness (QED) is 0.655. The number of aromatic nitrogens is 1. The molecule has 25 heavy (non-hydrogen) atoms. The molecule has 3 N–H and O–H groups in total. The van der Waals surface area contributed by atoms with Crippen molar-refractivity contribution in [1.82, 2.24) is 25.2 Å². The highest BCUT2D eigenvalue weighted by atomic mass is 32.2. The topological polar surface area (TPSA) is 103 Å². The molecule has 3 rings (SSSR count). The number of hydrogen-bond donors (Lipinski definition) is 3. The number of hydrogen-bond acceptors (Lipinski definition) is 5. The van der Waals surface area contributed by atoms with Gasteiger partial charge in [0.25, 0.3) is 0 Å². The van der Waals surface area contributed by atoms with Crippen LogP contribution in [0.5, 0.6) is 0 Å². The first-order valence-electron chi connectivity index (χ1n) is 8.14. The predicted molar refractivity (Wildman–Crippen MR) is 94.8 cm³/mol. The average molecular weight is 363 g/mol. The van der Waals surface area contributed by atoms with Gasteiger partial charge in [0.1, 0.15) is 0 Å². The van der Waals surface area contributed by atoms with Gasteiger partial charge in [0.05, 0.1) is 4.90 Å². The number of fused-ring (bicyclic) bond motifs is 1. The summed E-state index contributed by atoms with van der Waals surface area (Å²) in [5, 5.41) is 7.29. The standard InChI is InChI=1S/C16H21N5O3S/c22-16(21-10-8-17-9-11-21)19-6-7-20-25(23,24)15-3-1-2-13-12-18-5-4-14(13)15/h1-5,12,17,20H,6-11H2,(H,19,22). The van der Waals surface area contributed by atoms with Gasteiger partial charge in [-0.1, -0.05) is 12.1 Å². The number of pyridine rings is 1. The van der Waals surface area contributed by atoms with Crippen LogP contribution in [0.2, 0.25) is 0 Å². The van der Waals surface area contributed by atoms with Gasteiger partial charge in [-0.25, -0.2) is 17.9 Å². The summed E-state index contributed by atoms with van der Waals surface area (Å²) in [7, 11) is -3.66. The first kappa shape index (κ1) is 17.6. The zero-order valence-electron chi connectivity index (χ0n) is 13.7. The molecule has 0 bridgehead atoms. The number of piperazine rings is 1. The second-order valence-corrected chi connectivity index (χ2v) is 7.46. The molecule has 134 valence electrons. The lowest BCUT2D eigenvalue weighted by atomic mass is 10.2. The highest BCUT2D eigenvalue weighted by molar-refractivity contribution is 7.89. The largest absolute Gasteiger partial charge is 0.337 e. The van der Waals surface area contributed by atoms with Crippen molar-refractivity contribution in [3.05, 3.63) is 36.7 Å². The highest BCUT2D eigenvalue weighted by Crippen LogP contribution is 2.21. The number of sulfonamides is 1. The lowest BCUT2D eigenvalue weighted by Crippen LogP contribution is -2.51. The Labute approximate surface area is 146 Å². The Morgan fingerprint density at radius 3 is 2.80 bits per heavy atom. The molecule has 0 saturated carbocycles. The zero-order valence-corrected chi connectivity index (χ0v) is 14.6. The second kappa shape index (κ2) is 7.77. The van der Waals surface area contributed by atoms with Crippen LogP contribution in [0.15, 0.2) is 41.6 Å². The molecule has 1 aromatic heterocycles. The maximum atomic E-state index is 12.5. The fourth-order valence-corrected chi connectivity index (χ4v) is 4.00. The molecule has 0 spiro atoms. The lowest BCUT2D eigenvalue weighted by molar-refractivity contribution is 0.190. The SMILES string of the molecule is O=C(NCCNS(=O)(=O)c1cccc2cnccc12)N1CCNCC1. The van der Waals surface area contributed by atoms with Crippen LogP contribution in [0.4, 0.5) is 4.79 Å². The number of nitrogens with zero attached hydrogens (tertiary/aromatic N) is 2. The van der Waals surface area contributed by atoms with E-state index in [1.165, 1.54) is 0 Å². The molecule has 9 heteroatoms. The second-order valence-electron chi connectivity index (χ2n) is 5.72. The first-order chi connectivity index (χ1) is 12.1. The van der Waals surface area contributed by atoms with Crippen molar-refractivity contribution in [3.8, 4) is 0 Å². The molecule has 1 saturated heterocycles. The van der Waals surface area contributed by atoms with Crippen LogP contribution >= 0.6 is 0 Å². The fourth-order valence-electron chi connectivity index (χ4n) is 2.74. The van der Waals surface area contributed by atoms with E-state index in [2.05, 4.69) is 20.3 Å². The molecule has 8 nitrogen and oxygen atoms in total. The summed E-state index contributed by atoms with van der Waals surface area (Å²) in [5.74, 6) is 0. The molecule has 0 radical (unpaired) electrons. The minimum atomic E-state index is -3.66. The Morgan fingerprint density at radius 2 is 2.00 bits per heavy atom. The van der Waals surface area contributed by atoms with Crippen molar-refractivity contribution in [1.29, 1.82) is 0 Å². The number of benzene rings is 1. The van der Waals surface area contributed by atoms with E-state index in [9.17, 15) is 13.2 Å². The van der Waals surface area contributed by atoms with E-state index in [-0.39, 0.29) is 24.0 Å². The Kier molecular flexibility index (Phi) is 5.47. The van der Waals surface area contributed by atoms with Crippen molar-refractivity contribution in [2.45, 2.75) is 4.90 Å². The third-order valence-corrected chi connectivity index (χ3v) is 5.55. The molecule has 2 amide bonds. The van der Waals surface area contributed by atoms with Crippen LogP contribution in [-0.2, 0) is 10.0 Å². The smallest absolute Gasteiger partial charge is 0.317 e. The fraction of sp³-hybridized carbons (Fsp3) is 0.375. The lowest BCUT2D eigenvalue weighted by Gasteiger charge is -2.27. The van der Waals surface area contributed by atoms with Crippen molar-refractivity contribution in [3.63, 3.8) is 0 Å². The first-order valence-corrected chi connectivity index (χ1v) is 9.62. The van der Waals surface area contributed by atoms with Gasteiger partial charge in [-0.05, 0) is 12.1 Å². The van der Waals surface area contributed by atoms with Crippen molar-refractivity contribution < 1.29 is 13.2 Å². The molecule has 0 aliphatic carbocycles. The minimum absolute atomic E-state index is 0.127. The summed E-state index contributed by atoms with van der Waals surface area (Å²) in [6, 6.07) is 6.57. The van der Waals surface area contributed by atoms with Gasteiger partial charge in [-0.3, -0.25) is 4.98 Å². The van der Waals surface area contributed by atoms with Gasteiger partial charge < -0.3 is 15.5 Å². The summed E-state index contributed by atoms with van der Waals surface area (Å²) in [6.45, 7) is 3.21. The van der Waals surface area contributed by atoms with E-state index in [1.807, 2.05) is 6.07 Å². The van der Waals surface area contributed by atoms with Crippen LogP contribution in [0, 0.1) is 0 Å². The van der Waals surface area contributed by atoms with Crippen LogP contribution in [0.1, 0.15) is 0 Å². The number of carbonyl (C=O) groups excluding carboxylic acids is 1. The Morgan fingerprint density at radius 1 is 1.20 bits per heavy atom. The van der Waals surface area contributed by atoms with E-state index in [1.54, 1.807) is 35.5 Å². The molecule has 0 atom stereocenters. The highest BCUT2D eigenvalue weighted by Gasteiger charge is 2.18. The maximum absolute atomic E-state index is 12.5. The summed E-state index contributed by atoms with van der Waals surface area (Å²) < 4.78 is 27.6. The number of carbonyl (C=O) groups is 1. The van der Waals surface area contributed by atoms with E-state index in [0.29, 0.717) is 18.5 Å². The third-order valence-electron chi connectivity index (χ3n) is 4.03. The Bertz CT molecular complexity index is 844. The maximum Gasteiger partial charge on any atom is 0.317 e. The van der Waals surface area contributed by atoms with Crippen molar-refractivity contribution in [2.24, 2.45) is 0 Å². The Hall–Kier alpha value is -2.23. The molecule has 0 unspecified atom stereocenters. The van der Waals surface area contributed by atoms with Gasteiger partial charge in [0.2, 0.25) is 10.0 Å². The zero-order chi connectivity index (χ0) is 17.7. The van der Waals surface area contributed by atoms with E-state index in [0.717, 1.165) is 18.5 Å². The molecule has 1 aliphatic rings. The summed E-state index contributed by atoms with van der Waals surface area (Å²) >= 11 is 0.